The van der Waals surface area contributed by atoms with Gasteiger partial charge in [-0.15, -0.1) is 0 Å². The molecule has 0 spiro atoms. The Morgan fingerprint density at radius 1 is 1.15 bits per heavy atom. The molecule has 7 nitrogen and oxygen atoms in total. The fourth-order valence-electron chi connectivity index (χ4n) is 2.52. The molecule has 26 heavy (non-hydrogen) atoms. The van der Waals surface area contributed by atoms with Crippen LogP contribution in [0.2, 0.25) is 0 Å². The first-order valence-electron chi connectivity index (χ1n) is 8.23. The lowest BCUT2D eigenvalue weighted by molar-refractivity contribution is -0.132. The van der Waals surface area contributed by atoms with E-state index in [4.69, 9.17) is 4.74 Å². The topological polar surface area (TPSA) is 85.2 Å². The van der Waals surface area contributed by atoms with E-state index in [2.05, 4.69) is 16.0 Å². The summed E-state index contributed by atoms with van der Waals surface area (Å²) in [5.41, 5.74) is 5.52. The highest BCUT2D eigenvalue weighted by atomic mass is 16.5. The molecule has 0 saturated heterocycles. The van der Waals surface area contributed by atoms with Crippen LogP contribution in [0.3, 0.4) is 0 Å². The number of ether oxygens (including phenoxy) is 1. The molecule has 2 amide bonds. The number of rotatable bonds is 5. The lowest BCUT2D eigenvalue weighted by Gasteiger charge is -2.15. The monoisotopic (exact) mass is 352 g/mol. The molecule has 0 saturated carbocycles. The molecule has 1 unspecified atom stereocenters. The molecule has 0 aliphatic heterocycles. The molecule has 1 aromatic heterocycles. The predicted molar refractivity (Wildman–Crippen MR) is 97.2 cm³/mol. The van der Waals surface area contributed by atoms with Crippen LogP contribution in [0, 0.1) is 0 Å². The SMILES string of the molecule is CC(Oc1ccc2ccccc2c1)C(=O)NNC(=O)Cc1cnn(C)c1. The Morgan fingerprint density at radius 3 is 2.65 bits per heavy atom. The molecule has 7 heteroatoms. The van der Waals surface area contributed by atoms with Crippen LogP contribution in [0.15, 0.2) is 54.9 Å². The summed E-state index contributed by atoms with van der Waals surface area (Å²) < 4.78 is 7.27. The second-order valence-electron chi connectivity index (χ2n) is 6.01. The van der Waals surface area contributed by atoms with Crippen molar-refractivity contribution in [1.82, 2.24) is 20.6 Å². The average Bonchev–Trinajstić information content (AvgIpc) is 3.04. The lowest BCUT2D eigenvalue weighted by Crippen LogP contribution is -2.47. The second kappa shape index (κ2) is 7.69. The Bertz CT molecular complexity index is 935. The highest BCUT2D eigenvalue weighted by molar-refractivity contribution is 5.86. The summed E-state index contributed by atoms with van der Waals surface area (Å²) in [6, 6.07) is 13.5. The molecule has 3 aromatic rings. The molecule has 0 aliphatic carbocycles. The normalized spacial score (nSPS) is 11.8. The van der Waals surface area contributed by atoms with E-state index in [0.717, 1.165) is 16.3 Å². The number of hydrazine groups is 1. The van der Waals surface area contributed by atoms with Gasteiger partial charge in [0.05, 0.1) is 12.6 Å². The summed E-state index contributed by atoms with van der Waals surface area (Å²) in [6.45, 7) is 1.62. The van der Waals surface area contributed by atoms with E-state index in [-0.39, 0.29) is 12.3 Å². The molecular weight excluding hydrogens is 332 g/mol. The maximum atomic E-state index is 12.1. The quantitative estimate of drug-likeness (QED) is 0.685. The first-order chi connectivity index (χ1) is 12.5. The van der Waals surface area contributed by atoms with Gasteiger partial charge in [0.1, 0.15) is 5.75 Å². The third kappa shape index (κ3) is 4.38. The van der Waals surface area contributed by atoms with Gasteiger partial charge in [0.2, 0.25) is 5.91 Å². The number of hydrogen-bond donors (Lipinski definition) is 2. The molecule has 3 rings (SSSR count). The maximum absolute atomic E-state index is 12.1. The predicted octanol–water partition coefficient (Wildman–Crippen LogP) is 1.73. The molecule has 2 aromatic carbocycles. The van der Waals surface area contributed by atoms with Crippen molar-refractivity contribution in [3.8, 4) is 5.75 Å². The summed E-state index contributed by atoms with van der Waals surface area (Å²) >= 11 is 0. The van der Waals surface area contributed by atoms with Gasteiger partial charge in [0.25, 0.3) is 5.91 Å². The molecular formula is C19H20N4O3. The van der Waals surface area contributed by atoms with Gasteiger partial charge in [-0.25, -0.2) is 0 Å². The van der Waals surface area contributed by atoms with E-state index in [0.29, 0.717) is 5.75 Å². The first-order valence-corrected chi connectivity index (χ1v) is 8.23. The Hall–Kier alpha value is -3.35. The molecule has 0 bridgehead atoms. The summed E-state index contributed by atoms with van der Waals surface area (Å²) in [6.07, 6.45) is 2.73. The number of hydrogen-bond acceptors (Lipinski definition) is 4. The highest BCUT2D eigenvalue weighted by Gasteiger charge is 2.16. The third-order valence-corrected chi connectivity index (χ3v) is 3.85. The van der Waals surface area contributed by atoms with Crippen LogP contribution in [-0.2, 0) is 23.1 Å². The molecule has 2 N–H and O–H groups in total. The van der Waals surface area contributed by atoms with Crippen molar-refractivity contribution in [3.63, 3.8) is 0 Å². The smallest absolute Gasteiger partial charge is 0.279 e. The molecule has 1 atom stereocenters. The summed E-state index contributed by atoms with van der Waals surface area (Å²) in [5, 5.41) is 6.12. The first kappa shape index (κ1) is 17.5. The number of aromatic nitrogens is 2. The van der Waals surface area contributed by atoms with E-state index in [9.17, 15) is 9.59 Å². The molecule has 134 valence electrons. The van der Waals surface area contributed by atoms with Crippen LogP contribution in [0.5, 0.6) is 5.75 Å². The Morgan fingerprint density at radius 2 is 1.92 bits per heavy atom. The summed E-state index contributed by atoms with van der Waals surface area (Å²) in [4.78, 5) is 24.0. The van der Waals surface area contributed by atoms with Crippen LogP contribution in [0.1, 0.15) is 12.5 Å². The molecule has 0 aliphatic rings. The maximum Gasteiger partial charge on any atom is 0.279 e. The van der Waals surface area contributed by atoms with Crippen molar-refractivity contribution < 1.29 is 14.3 Å². The van der Waals surface area contributed by atoms with Crippen LogP contribution in [-0.4, -0.2) is 27.7 Å². The van der Waals surface area contributed by atoms with Crippen molar-refractivity contribution in [1.29, 1.82) is 0 Å². The highest BCUT2D eigenvalue weighted by Crippen LogP contribution is 2.21. The molecule has 1 heterocycles. The lowest BCUT2D eigenvalue weighted by atomic mass is 10.1. The minimum absolute atomic E-state index is 0.133. The van der Waals surface area contributed by atoms with E-state index in [1.807, 2.05) is 42.5 Å². The van der Waals surface area contributed by atoms with Gasteiger partial charge in [-0.3, -0.25) is 25.1 Å². The van der Waals surface area contributed by atoms with Crippen molar-refractivity contribution in [2.24, 2.45) is 7.05 Å². The van der Waals surface area contributed by atoms with Crippen molar-refractivity contribution in [2.75, 3.05) is 0 Å². The zero-order chi connectivity index (χ0) is 18.5. The van der Waals surface area contributed by atoms with E-state index >= 15 is 0 Å². The number of carbonyl (C=O) groups is 2. The molecule has 0 radical (unpaired) electrons. The van der Waals surface area contributed by atoms with E-state index in [1.165, 1.54) is 0 Å². The molecule has 0 fully saturated rings. The largest absolute Gasteiger partial charge is 0.481 e. The van der Waals surface area contributed by atoms with E-state index in [1.54, 1.807) is 31.0 Å². The van der Waals surface area contributed by atoms with Gasteiger partial charge >= 0.3 is 0 Å². The van der Waals surface area contributed by atoms with Crippen molar-refractivity contribution in [2.45, 2.75) is 19.4 Å². The van der Waals surface area contributed by atoms with Gasteiger partial charge in [-0.2, -0.15) is 5.10 Å². The number of benzene rings is 2. The standard InChI is InChI=1S/C19H20N4O3/c1-13(26-17-8-7-15-5-3-4-6-16(15)10-17)19(25)22-21-18(24)9-14-11-20-23(2)12-14/h3-8,10-13H,9H2,1-2H3,(H,21,24)(H,22,25). The second-order valence-corrected chi connectivity index (χ2v) is 6.01. The van der Waals surface area contributed by atoms with Gasteiger partial charge < -0.3 is 4.74 Å². The van der Waals surface area contributed by atoms with Crippen LogP contribution >= 0.6 is 0 Å². The zero-order valence-corrected chi connectivity index (χ0v) is 14.6. The number of fused-ring (bicyclic) bond motifs is 1. The Kier molecular flexibility index (Phi) is 5.17. The number of nitrogens with one attached hydrogen (secondary N) is 2. The van der Waals surface area contributed by atoms with Crippen molar-refractivity contribution >= 4 is 22.6 Å². The minimum atomic E-state index is -0.755. The van der Waals surface area contributed by atoms with Gasteiger partial charge in [-0.1, -0.05) is 30.3 Å². The Labute approximate surface area is 150 Å². The Balaban J connectivity index is 1.51. The van der Waals surface area contributed by atoms with Crippen molar-refractivity contribution in [3.05, 3.63) is 60.4 Å². The minimum Gasteiger partial charge on any atom is -0.481 e. The summed E-state index contributed by atoms with van der Waals surface area (Å²) in [5.74, 6) is -0.171. The number of nitrogens with zero attached hydrogens (tertiary/aromatic N) is 2. The average molecular weight is 352 g/mol. The summed E-state index contributed by atoms with van der Waals surface area (Å²) in [7, 11) is 1.77. The van der Waals surface area contributed by atoms with Crippen LogP contribution in [0.4, 0.5) is 0 Å². The fraction of sp³-hybridized carbons (Fsp3) is 0.211. The third-order valence-electron chi connectivity index (χ3n) is 3.85. The van der Waals surface area contributed by atoms with E-state index < -0.39 is 12.0 Å². The van der Waals surface area contributed by atoms with Gasteiger partial charge in [-0.05, 0) is 35.4 Å². The number of amides is 2. The zero-order valence-electron chi connectivity index (χ0n) is 14.6. The fourth-order valence-corrected chi connectivity index (χ4v) is 2.52. The van der Waals surface area contributed by atoms with Crippen LogP contribution in [0.25, 0.3) is 10.8 Å². The number of aryl methyl sites for hydroxylation is 1. The number of carbonyl (C=O) groups excluding carboxylic acids is 2. The van der Waals surface area contributed by atoms with Crippen LogP contribution < -0.4 is 15.6 Å². The van der Waals surface area contributed by atoms with Gasteiger partial charge in [0, 0.05) is 13.2 Å². The van der Waals surface area contributed by atoms with Gasteiger partial charge in [0.15, 0.2) is 6.10 Å².